The molecule has 24 heavy (non-hydrogen) atoms. The molecule has 0 amide bonds. The first-order valence-electron chi connectivity index (χ1n) is 7.90. The van der Waals surface area contributed by atoms with E-state index in [2.05, 4.69) is 6.07 Å². The van der Waals surface area contributed by atoms with Crippen molar-refractivity contribution < 1.29 is 19.0 Å². The fourth-order valence-corrected chi connectivity index (χ4v) is 2.95. The third-order valence-corrected chi connectivity index (χ3v) is 4.17. The molecule has 0 heterocycles. The van der Waals surface area contributed by atoms with E-state index in [9.17, 15) is 4.79 Å². The zero-order valence-electron chi connectivity index (χ0n) is 13.8. The van der Waals surface area contributed by atoms with Gasteiger partial charge in [-0.2, -0.15) is 0 Å². The highest BCUT2D eigenvalue weighted by molar-refractivity contribution is 5.88. The normalized spacial score (nSPS) is 16.0. The van der Waals surface area contributed by atoms with Crippen LogP contribution < -0.4 is 9.47 Å². The van der Waals surface area contributed by atoms with Gasteiger partial charge in [-0.3, -0.25) is 0 Å². The second kappa shape index (κ2) is 7.21. The molecule has 0 bridgehead atoms. The van der Waals surface area contributed by atoms with Gasteiger partial charge in [0.05, 0.1) is 14.2 Å². The van der Waals surface area contributed by atoms with Gasteiger partial charge in [-0.05, 0) is 48.2 Å². The van der Waals surface area contributed by atoms with Crippen molar-refractivity contribution in [1.29, 1.82) is 0 Å². The summed E-state index contributed by atoms with van der Waals surface area (Å²) in [6.07, 6.45) is 4.73. The van der Waals surface area contributed by atoms with E-state index in [-0.39, 0.29) is 12.1 Å². The predicted molar refractivity (Wildman–Crippen MR) is 92.2 cm³/mol. The number of hydrogen-bond donors (Lipinski definition) is 0. The molecule has 4 nitrogen and oxygen atoms in total. The molecule has 0 aliphatic heterocycles. The van der Waals surface area contributed by atoms with Gasteiger partial charge in [-0.15, -0.1) is 0 Å². The van der Waals surface area contributed by atoms with E-state index >= 15 is 0 Å². The number of carbonyl (C=O) groups excluding carboxylic acids is 1. The molecule has 1 aliphatic carbocycles. The molecule has 0 aromatic heterocycles. The van der Waals surface area contributed by atoms with E-state index in [1.54, 1.807) is 26.4 Å². The Labute approximate surface area is 141 Å². The molecule has 124 valence electrons. The molecular formula is C20H20O4. The van der Waals surface area contributed by atoms with Crippen molar-refractivity contribution in [2.45, 2.75) is 18.9 Å². The maximum Gasteiger partial charge on any atom is 0.331 e. The maximum absolute atomic E-state index is 12.2. The molecule has 0 fully saturated rings. The van der Waals surface area contributed by atoms with Crippen LogP contribution in [0.15, 0.2) is 48.5 Å². The van der Waals surface area contributed by atoms with Crippen molar-refractivity contribution in [3.05, 3.63) is 65.2 Å². The number of aryl methyl sites for hydroxylation is 1. The van der Waals surface area contributed by atoms with Gasteiger partial charge < -0.3 is 14.2 Å². The standard InChI is InChI=1S/C20H20O4/c1-22-16-9-11-18(23-2)15(13-16)8-12-20(21)24-19-10-7-14-5-3-4-6-17(14)19/h3-6,8-9,11-13,19H,7,10H2,1-2H3/b12-8+/t19-/m0/s1. The van der Waals surface area contributed by atoms with Gasteiger partial charge in [0.2, 0.25) is 0 Å². The van der Waals surface area contributed by atoms with E-state index < -0.39 is 0 Å². The van der Waals surface area contributed by atoms with Gasteiger partial charge in [-0.1, -0.05) is 24.3 Å². The van der Waals surface area contributed by atoms with E-state index in [1.165, 1.54) is 11.6 Å². The van der Waals surface area contributed by atoms with E-state index in [4.69, 9.17) is 14.2 Å². The summed E-state index contributed by atoms with van der Waals surface area (Å²) >= 11 is 0. The summed E-state index contributed by atoms with van der Waals surface area (Å²) in [4.78, 5) is 12.2. The van der Waals surface area contributed by atoms with Gasteiger partial charge in [0.25, 0.3) is 0 Å². The third kappa shape index (κ3) is 3.43. The highest BCUT2D eigenvalue weighted by Gasteiger charge is 2.24. The fourth-order valence-electron chi connectivity index (χ4n) is 2.95. The summed E-state index contributed by atoms with van der Waals surface area (Å²) in [5.74, 6) is 1.01. The number of methoxy groups -OCH3 is 2. The maximum atomic E-state index is 12.2. The largest absolute Gasteiger partial charge is 0.497 e. The van der Waals surface area contributed by atoms with Crippen LogP contribution >= 0.6 is 0 Å². The predicted octanol–water partition coefficient (Wildman–Crippen LogP) is 3.95. The van der Waals surface area contributed by atoms with Crippen LogP contribution in [0.1, 0.15) is 29.2 Å². The first-order chi connectivity index (χ1) is 11.7. The molecular weight excluding hydrogens is 304 g/mol. The Morgan fingerprint density at radius 2 is 1.96 bits per heavy atom. The highest BCUT2D eigenvalue weighted by Crippen LogP contribution is 2.34. The van der Waals surface area contributed by atoms with Crippen LogP contribution in [0.5, 0.6) is 11.5 Å². The lowest BCUT2D eigenvalue weighted by molar-refractivity contribution is -0.143. The minimum absolute atomic E-state index is 0.162. The monoisotopic (exact) mass is 324 g/mol. The molecule has 4 heteroatoms. The second-order valence-corrected chi connectivity index (χ2v) is 5.60. The number of ether oxygens (including phenoxy) is 3. The van der Waals surface area contributed by atoms with Crippen molar-refractivity contribution in [2.24, 2.45) is 0 Å². The summed E-state index contributed by atoms with van der Waals surface area (Å²) in [7, 11) is 3.19. The van der Waals surface area contributed by atoms with Crippen LogP contribution in [0, 0.1) is 0 Å². The Balaban J connectivity index is 1.70. The fraction of sp³-hybridized carbons (Fsp3) is 0.250. The van der Waals surface area contributed by atoms with E-state index in [0.717, 1.165) is 24.0 Å². The molecule has 0 spiro atoms. The molecule has 0 unspecified atom stereocenters. The smallest absolute Gasteiger partial charge is 0.331 e. The Kier molecular flexibility index (Phi) is 4.85. The third-order valence-electron chi connectivity index (χ3n) is 4.17. The van der Waals surface area contributed by atoms with Crippen molar-refractivity contribution in [2.75, 3.05) is 14.2 Å². The van der Waals surface area contributed by atoms with Crippen LogP contribution in [0.3, 0.4) is 0 Å². The van der Waals surface area contributed by atoms with Crippen LogP contribution in [-0.4, -0.2) is 20.2 Å². The molecule has 3 rings (SSSR count). The van der Waals surface area contributed by atoms with Gasteiger partial charge in [0.15, 0.2) is 0 Å². The number of hydrogen-bond acceptors (Lipinski definition) is 4. The average molecular weight is 324 g/mol. The van der Waals surface area contributed by atoms with Crippen LogP contribution in [-0.2, 0) is 16.0 Å². The van der Waals surface area contributed by atoms with Crippen molar-refractivity contribution >= 4 is 12.0 Å². The van der Waals surface area contributed by atoms with Crippen LogP contribution in [0.4, 0.5) is 0 Å². The van der Waals surface area contributed by atoms with Gasteiger partial charge in [0.1, 0.15) is 17.6 Å². The lowest BCUT2D eigenvalue weighted by Crippen LogP contribution is -2.06. The quantitative estimate of drug-likeness (QED) is 0.617. The van der Waals surface area contributed by atoms with Gasteiger partial charge in [0, 0.05) is 11.6 Å². The second-order valence-electron chi connectivity index (χ2n) is 5.60. The minimum Gasteiger partial charge on any atom is -0.497 e. The lowest BCUT2D eigenvalue weighted by atomic mass is 10.1. The molecule has 2 aromatic rings. The summed E-state index contributed by atoms with van der Waals surface area (Å²) < 4.78 is 16.1. The summed E-state index contributed by atoms with van der Waals surface area (Å²) in [5, 5.41) is 0. The first-order valence-corrected chi connectivity index (χ1v) is 7.90. The Morgan fingerprint density at radius 3 is 2.75 bits per heavy atom. The topological polar surface area (TPSA) is 44.8 Å². The molecule has 0 radical (unpaired) electrons. The minimum atomic E-state index is -0.360. The summed E-state index contributed by atoms with van der Waals surface area (Å²) in [6.45, 7) is 0. The number of esters is 1. The molecule has 0 N–H and O–H groups in total. The van der Waals surface area contributed by atoms with E-state index in [1.807, 2.05) is 30.3 Å². The van der Waals surface area contributed by atoms with Crippen LogP contribution in [0.2, 0.25) is 0 Å². The van der Waals surface area contributed by atoms with Crippen molar-refractivity contribution in [1.82, 2.24) is 0 Å². The van der Waals surface area contributed by atoms with Crippen molar-refractivity contribution in [3.8, 4) is 11.5 Å². The number of rotatable bonds is 5. The molecule has 0 saturated heterocycles. The Morgan fingerprint density at radius 1 is 1.12 bits per heavy atom. The van der Waals surface area contributed by atoms with Crippen LogP contribution in [0.25, 0.3) is 6.08 Å². The first kappa shape index (κ1) is 16.1. The molecule has 0 saturated carbocycles. The molecule has 1 atom stereocenters. The number of carbonyl (C=O) groups is 1. The number of fused-ring (bicyclic) bond motifs is 1. The summed E-state index contributed by atoms with van der Waals surface area (Å²) in [5.41, 5.74) is 3.13. The highest BCUT2D eigenvalue weighted by atomic mass is 16.5. The van der Waals surface area contributed by atoms with Gasteiger partial charge in [-0.25, -0.2) is 4.79 Å². The Bertz CT molecular complexity index is 764. The average Bonchev–Trinajstić information content (AvgIpc) is 3.02. The van der Waals surface area contributed by atoms with Crippen molar-refractivity contribution in [3.63, 3.8) is 0 Å². The zero-order chi connectivity index (χ0) is 16.9. The van der Waals surface area contributed by atoms with Gasteiger partial charge >= 0.3 is 5.97 Å². The number of benzene rings is 2. The van der Waals surface area contributed by atoms with E-state index in [0.29, 0.717) is 11.5 Å². The Hall–Kier alpha value is -2.75. The zero-order valence-corrected chi connectivity index (χ0v) is 13.8. The SMILES string of the molecule is COc1ccc(OC)c(/C=C/C(=O)O[C@H]2CCc3ccccc32)c1. The molecule has 2 aromatic carbocycles. The lowest BCUT2D eigenvalue weighted by Gasteiger charge is -2.12. The summed E-state index contributed by atoms with van der Waals surface area (Å²) in [6, 6.07) is 13.5. The molecule has 1 aliphatic rings.